The smallest absolute Gasteiger partial charge is 0.384 e. The summed E-state index contributed by atoms with van der Waals surface area (Å²) < 4.78 is 43.9. The van der Waals surface area contributed by atoms with Crippen LogP contribution in [0.4, 0.5) is 13.2 Å². The van der Waals surface area contributed by atoms with E-state index in [1.54, 1.807) is 18.2 Å². The van der Waals surface area contributed by atoms with Crippen LogP contribution < -0.4 is 0 Å². The van der Waals surface area contributed by atoms with E-state index in [9.17, 15) is 27.9 Å². The molecule has 1 atom stereocenters. The van der Waals surface area contributed by atoms with Gasteiger partial charge in [0, 0.05) is 44.8 Å². The minimum Gasteiger partial charge on any atom is -0.384 e. The first-order valence-electron chi connectivity index (χ1n) is 13.2. The molecular formula is C29H35F3N2O4. The fourth-order valence-corrected chi connectivity index (χ4v) is 5.71. The molecule has 1 aliphatic carbocycles. The molecule has 1 N–H and O–H groups in total. The molecule has 1 aliphatic heterocycles. The average molecular weight is 533 g/mol. The van der Waals surface area contributed by atoms with Crippen LogP contribution >= 0.6 is 0 Å². The number of nitrogens with zero attached hydrogens (tertiary/aromatic N) is 2. The molecule has 1 aromatic heterocycles. The molecular weight excluding hydrogens is 497 g/mol. The van der Waals surface area contributed by atoms with E-state index < -0.39 is 23.1 Å². The number of amides is 1. The summed E-state index contributed by atoms with van der Waals surface area (Å²) in [5.41, 5.74) is -0.131. The molecule has 206 valence electrons. The predicted molar refractivity (Wildman–Crippen MR) is 135 cm³/mol. The molecule has 1 saturated heterocycles. The molecule has 2 aromatic rings. The molecule has 38 heavy (non-hydrogen) atoms. The first kappa shape index (κ1) is 28.2. The lowest BCUT2D eigenvalue weighted by atomic mass is 9.74. The summed E-state index contributed by atoms with van der Waals surface area (Å²) in [4.78, 5) is 31.3. The number of aromatic nitrogens is 1. The number of hydrogen-bond donors (Lipinski definition) is 1. The van der Waals surface area contributed by atoms with Gasteiger partial charge in [0.2, 0.25) is 5.91 Å². The largest absolute Gasteiger partial charge is 0.416 e. The van der Waals surface area contributed by atoms with Crippen LogP contribution in [0.5, 0.6) is 0 Å². The van der Waals surface area contributed by atoms with Crippen LogP contribution in [0.3, 0.4) is 0 Å². The van der Waals surface area contributed by atoms with Gasteiger partial charge in [-0.1, -0.05) is 18.2 Å². The molecule has 0 spiro atoms. The number of hydrogen-bond acceptors (Lipinski definition) is 5. The second-order valence-corrected chi connectivity index (χ2v) is 10.7. The molecule has 6 nitrogen and oxygen atoms in total. The number of likely N-dealkylation sites (tertiary alicyclic amines) is 1. The Morgan fingerprint density at radius 2 is 1.87 bits per heavy atom. The van der Waals surface area contributed by atoms with Crippen molar-refractivity contribution < 1.29 is 32.6 Å². The second kappa shape index (κ2) is 11.9. The topological polar surface area (TPSA) is 79.7 Å². The first-order chi connectivity index (χ1) is 18.1. The van der Waals surface area contributed by atoms with Gasteiger partial charge >= 0.3 is 6.18 Å². The van der Waals surface area contributed by atoms with Crippen LogP contribution in [0.25, 0.3) is 0 Å². The van der Waals surface area contributed by atoms with Gasteiger partial charge in [0.15, 0.2) is 5.78 Å². The number of rotatable bonds is 9. The van der Waals surface area contributed by atoms with Crippen LogP contribution in [0.2, 0.25) is 0 Å². The molecule has 4 rings (SSSR count). The summed E-state index contributed by atoms with van der Waals surface area (Å²) in [5, 5.41) is 11.2. The average Bonchev–Trinajstić information content (AvgIpc) is 3.37. The number of carbonyl (C=O) groups is 2. The third-order valence-corrected chi connectivity index (χ3v) is 7.93. The first-order valence-corrected chi connectivity index (χ1v) is 13.2. The van der Waals surface area contributed by atoms with Gasteiger partial charge in [-0.05, 0) is 74.1 Å². The lowest BCUT2D eigenvalue weighted by molar-refractivity contribution is -0.137. The van der Waals surface area contributed by atoms with Gasteiger partial charge < -0.3 is 14.7 Å². The van der Waals surface area contributed by atoms with Crippen molar-refractivity contribution in [2.45, 2.75) is 69.8 Å². The Morgan fingerprint density at radius 1 is 1.11 bits per heavy atom. The van der Waals surface area contributed by atoms with Crippen LogP contribution in [0.15, 0.2) is 42.6 Å². The summed E-state index contributed by atoms with van der Waals surface area (Å²) in [6.07, 6.45) is 2.11. The monoisotopic (exact) mass is 532 g/mol. The summed E-state index contributed by atoms with van der Waals surface area (Å²) in [7, 11) is 1.63. The van der Waals surface area contributed by atoms with Crippen LogP contribution in [0.1, 0.15) is 78.5 Å². The molecule has 1 saturated carbocycles. The number of benzene rings is 1. The second-order valence-electron chi connectivity index (χ2n) is 10.7. The lowest BCUT2D eigenvalue weighted by Gasteiger charge is -2.36. The van der Waals surface area contributed by atoms with Crippen molar-refractivity contribution in [1.82, 2.24) is 9.88 Å². The number of Topliss-reactive ketones (excluding diaryl/α,β-unsaturated/α-hetero) is 1. The maximum absolute atomic E-state index is 12.9. The summed E-state index contributed by atoms with van der Waals surface area (Å²) >= 11 is 0. The Bertz CT molecular complexity index is 1110. The van der Waals surface area contributed by atoms with Crippen molar-refractivity contribution in [3.05, 3.63) is 65.0 Å². The van der Waals surface area contributed by atoms with Gasteiger partial charge in [-0.2, -0.15) is 13.2 Å². The third kappa shape index (κ3) is 6.99. The maximum Gasteiger partial charge on any atom is 0.416 e. The molecule has 1 aromatic carbocycles. The van der Waals surface area contributed by atoms with Crippen LogP contribution in [0, 0.1) is 11.8 Å². The summed E-state index contributed by atoms with van der Waals surface area (Å²) in [5.74, 6) is 0.262. The van der Waals surface area contributed by atoms with Gasteiger partial charge in [-0.25, -0.2) is 0 Å². The number of halogens is 3. The number of aliphatic hydroxyl groups is 1. The standard InChI is InChI=1S/C29H35F3N2O4/c1-38-19-22-5-7-26(33-17-22)28(37)12-9-20(10-13-28)15-21-11-14-34(18-21)27(36)8-6-25(35)23-3-2-4-24(16-23)29(30,31)32/h2-5,7,16-17,20-21,37H,6,8-15,18-19H2,1H3/t20?,21-,28?/m1/s1. The Labute approximate surface area is 221 Å². The minimum absolute atomic E-state index is 0.00553. The van der Waals surface area contributed by atoms with Gasteiger partial charge in [-0.15, -0.1) is 0 Å². The molecule has 9 heteroatoms. The van der Waals surface area contributed by atoms with E-state index in [-0.39, 0.29) is 24.3 Å². The summed E-state index contributed by atoms with van der Waals surface area (Å²) in [6, 6.07) is 8.16. The van der Waals surface area contributed by atoms with Gasteiger partial charge in [0.25, 0.3) is 0 Å². The van der Waals surface area contributed by atoms with E-state index in [4.69, 9.17) is 4.74 Å². The Hall–Kier alpha value is -2.78. The van der Waals surface area contributed by atoms with E-state index in [0.29, 0.717) is 50.1 Å². The van der Waals surface area contributed by atoms with E-state index >= 15 is 0 Å². The summed E-state index contributed by atoms with van der Waals surface area (Å²) in [6.45, 7) is 1.76. The molecule has 1 amide bonds. The predicted octanol–water partition coefficient (Wildman–Crippen LogP) is 5.53. The zero-order chi connectivity index (χ0) is 27.3. The van der Waals surface area contributed by atoms with E-state index in [2.05, 4.69) is 4.98 Å². The van der Waals surface area contributed by atoms with Crippen molar-refractivity contribution in [3.63, 3.8) is 0 Å². The minimum atomic E-state index is -4.51. The van der Waals surface area contributed by atoms with Crippen molar-refractivity contribution in [2.75, 3.05) is 20.2 Å². The number of pyridine rings is 1. The molecule has 2 fully saturated rings. The van der Waals surface area contributed by atoms with Crippen molar-refractivity contribution in [2.24, 2.45) is 11.8 Å². The Kier molecular flexibility index (Phi) is 8.88. The van der Waals surface area contributed by atoms with Crippen LogP contribution in [-0.4, -0.2) is 46.9 Å². The number of ketones is 1. The fourth-order valence-electron chi connectivity index (χ4n) is 5.71. The normalized spacial score (nSPS) is 24.0. The third-order valence-electron chi connectivity index (χ3n) is 7.93. The highest BCUT2D eigenvalue weighted by molar-refractivity contribution is 5.98. The van der Waals surface area contributed by atoms with Gasteiger partial charge in [0.1, 0.15) is 5.60 Å². The quantitative estimate of drug-likeness (QED) is 0.430. The number of carbonyl (C=O) groups excluding carboxylic acids is 2. The fraction of sp³-hybridized carbons (Fsp3) is 0.552. The Morgan fingerprint density at radius 3 is 2.53 bits per heavy atom. The molecule has 2 heterocycles. The van der Waals surface area contributed by atoms with E-state index in [1.165, 1.54) is 12.1 Å². The van der Waals surface area contributed by atoms with E-state index in [0.717, 1.165) is 43.4 Å². The molecule has 2 aliphatic rings. The molecule has 0 unspecified atom stereocenters. The SMILES string of the molecule is COCc1ccc(C2(O)CCC(C[C@H]3CCN(C(=O)CCC(=O)c4cccc(C(F)(F)F)c4)C3)CC2)nc1. The maximum atomic E-state index is 12.9. The number of methoxy groups -OCH3 is 1. The van der Waals surface area contributed by atoms with E-state index in [1.807, 2.05) is 12.1 Å². The van der Waals surface area contributed by atoms with Gasteiger partial charge in [-0.3, -0.25) is 14.6 Å². The van der Waals surface area contributed by atoms with Crippen LogP contribution in [-0.2, 0) is 27.9 Å². The van der Waals surface area contributed by atoms with Gasteiger partial charge in [0.05, 0.1) is 17.9 Å². The number of ether oxygens (including phenoxy) is 1. The van der Waals surface area contributed by atoms with Crippen molar-refractivity contribution in [1.29, 1.82) is 0 Å². The Balaban J connectivity index is 1.21. The molecule has 0 radical (unpaired) electrons. The highest BCUT2D eigenvalue weighted by atomic mass is 19.4. The highest BCUT2D eigenvalue weighted by Gasteiger charge is 2.37. The number of alkyl halides is 3. The highest BCUT2D eigenvalue weighted by Crippen LogP contribution is 2.41. The zero-order valence-electron chi connectivity index (χ0n) is 21.7. The molecule has 0 bridgehead atoms. The lowest BCUT2D eigenvalue weighted by Crippen LogP contribution is -2.33. The van der Waals surface area contributed by atoms with Crippen molar-refractivity contribution in [3.8, 4) is 0 Å². The van der Waals surface area contributed by atoms with Crippen molar-refractivity contribution >= 4 is 11.7 Å². The zero-order valence-corrected chi connectivity index (χ0v) is 21.7.